The molecular formula is C11H13NO2. The molecule has 3 heteroatoms. The van der Waals surface area contributed by atoms with E-state index in [9.17, 15) is 4.79 Å². The molecule has 2 rings (SSSR count). The van der Waals surface area contributed by atoms with Gasteiger partial charge in [-0.05, 0) is 19.5 Å². The van der Waals surface area contributed by atoms with Gasteiger partial charge < -0.3 is 10.5 Å². The highest BCUT2D eigenvalue weighted by atomic mass is 16.5. The molecular weight excluding hydrogens is 178 g/mol. The van der Waals surface area contributed by atoms with Crippen LogP contribution in [0.3, 0.4) is 0 Å². The van der Waals surface area contributed by atoms with Crippen molar-refractivity contribution in [2.75, 3.05) is 6.54 Å². The average Bonchev–Trinajstić information content (AvgIpc) is 2.44. The molecule has 0 saturated carbocycles. The minimum absolute atomic E-state index is 0.136. The SMILES string of the molecule is Cc1ccc2c(c1)C(=O)OC2CCN. The van der Waals surface area contributed by atoms with Crippen molar-refractivity contribution in [3.63, 3.8) is 0 Å². The molecule has 3 nitrogen and oxygen atoms in total. The van der Waals surface area contributed by atoms with Crippen LogP contribution in [0.25, 0.3) is 0 Å². The Morgan fingerprint density at radius 3 is 3.00 bits per heavy atom. The van der Waals surface area contributed by atoms with Crippen LogP contribution in [0.5, 0.6) is 0 Å². The second-order valence-electron chi connectivity index (χ2n) is 3.56. The Bertz CT molecular complexity index is 374. The van der Waals surface area contributed by atoms with Gasteiger partial charge in [0, 0.05) is 12.0 Å². The van der Waals surface area contributed by atoms with Gasteiger partial charge in [-0.15, -0.1) is 0 Å². The molecule has 1 aromatic carbocycles. The second kappa shape index (κ2) is 3.42. The van der Waals surface area contributed by atoms with Gasteiger partial charge in [0.25, 0.3) is 0 Å². The van der Waals surface area contributed by atoms with Crippen LogP contribution in [-0.2, 0) is 4.74 Å². The fourth-order valence-electron chi connectivity index (χ4n) is 1.75. The van der Waals surface area contributed by atoms with E-state index in [2.05, 4.69) is 0 Å². The van der Waals surface area contributed by atoms with E-state index >= 15 is 0 Å². The molecule has 2 N–H and O–H groups in total. The summed E-state index contributed by atoms with van der Waals surface area (Å²) in [6.07, 6.45) is 0.560. The summed E-state index contributed by atoms with van der Waals surface area (Å²) in [6.45, 7) is 2.50. The minimum atomic E-state index is -0.220. The summed E-state index contributed by atoms with van der Waals surface area (Å²) in [5, 5.41) is 0. The molecule has 0 aromatic heterocycles. The number of aryl methyl sites for hydroxylation is 1. The molecule has 74 valence electrons. The van der Waals surface area contributed by atoms with Crippen molar-refractivity contribution in [2.24, 2.45) is 5.73 Å². The summed E-state index contributed by atoms with van der Waals surface area (Å²) < 4.78 is 5.21. The predicted octanol–water partition coefficient (Wildman–Crippen LogP) is 1.56. The van der Waals surface area contributed by atoms with Gasteiger partial charge in [-0.1, -0.05) is 17.7 Å². The van der Waals surface area contributed by atoms with E-state index in [-0.39, 0.29) is 12.1 Å². The lowest BCUT2D eigenvalue weighted by Gasteiger charge is -2.08. The van der Waals surface area contributed by atoms with Crippen molar-refractivity contribution in [1.82, 2.24) is 0 Å². The fraction of sp³-hybridized carbons (Fsp3) is 0.364. The van der Waals surface area contributed by atoms with E-state index in [1.54, 1.807) is 0 Å². The number of hydrogen-bond acceptors (Lipinski definition) is 3. The summed E-state index contributed by atoms with van der Waals surface area (Å²) in [5.74, 6) is -0.220. The first kappa shape index (κ1) is 9.21. The summed E-state index contributed by atoms with van der Waals surface area (Å²) in [7, 11) is 0. The zero-order valence-electron chi connectivity index (χ0n) is 8.12. The van der Waals surface area contributed by atoms with E-state index in [1.807, 2.05) is 25.1 Å². The lowest BCUT2D eigenvalue weighted by Crippen LogP contribution is -2.06. The van der Waals surface area contributed by atoms with Crippen molar-refractivity contribution in [3.8, 4) is 0 Å². The molecule has 0 saturated heterocycles. The normalized spacial score (nSPS) is 19.3. The maximum Gasteiger partial charge on any atom is 0.339 e. The Hall–Kier alpha value is -1.35. The summed E-state index contributed by atoms with van der Waals surface area (Å²) in [6, 6.07) is 5.81. The van der Waals surface area contributed by atoms with Gasteiger partial charge in [0.05, 0.1) is 5.56 Å². The van der Waals surface area contributed by atoms with Crippen LogP contribution in [-0.4, -0.2) is 12.5 Å². The second-order valence-corrected chi connectivity index (χ2v) is 3.56. The first-order valence-corrected chi connectivity index (χ1v) is 4.74. The third kappa shape index (κ3) is 1.40. The largest absolute Gasteiger partial charge is 0.454 e. The molecule has 0 aliphatic carbocycles. The molecule has 14 heavy (non-hydrogen) atoms. The maximum absolute atomic E-state index is 11.4. The van der Waals surface area contributed by atoms with Gasteiger partial charge in [-0.25, -0.2) is 4.79 Å². The molecule has 0 fully saturated rings. The number of carbonyl (C=O) groups is 1. The molecule has 0 radical (unpaired) electrons. The molecule has 0 amide bonds. The standard InChI is InChI=1S/C11H13NO2/c1-7-2-3-8-9(6-7)11(13)14-10(8)4-5-12/h2-3,6,10H,4-5,12H2,1H3. The van der Waals surface area contributed by atoms with E-state index in [0.717, 1.165) is 11.1 Å². The Kier molecular flexibility index (Phi) is 2.25. The number of cyclic esters (lactones) is 1. The Labute approximate surface area is 82.9 Å². The molecule has 0 bridgehead atoms. The van der Waals surface area contributed by atoms with Gasteiger partial charge >= 0.3 is 5.97 Å². The highest BCUT2D eigenvalue weighted by Gasteiger charge is 2.29. The van der Waals surface area contributed by atoms with E-state index in [4.69, 9.17) is 10.5 Å². The first-order chi connectivity index (χ1) is 6.72. The van der Waals surface area contributed by atoms with Gasteiger partial charge in [-0.2, -0.15) is 0 Å². The predicted molar refractivity (Wildman–Crippen MR) is 53.0 cm³/mol. The minimum Gasteiger partial charge on any atom is -0.454 e. The van der Waals surface area contributed by atoms with Gasteiger partial charge in [0.2, 0.25) is 0 Å². The Morgan fingerprint density at radius 2 is 2.29 bits per heavy atom. The van der Waals surface area contributed by atoms with Crippen LogP contribution in [0, 0.1) is 6.92 Å². The van der Waals surface area contributed by atoms with Crippen LogP contribution >= 0.6 is 0 Å². The van der Waals surface area contributed by atoms with Crippen molar-refractivity contribution in [2.45, 2.75) is 19.4 Å². The topological polar surface area (TPSA) is 52.3 Å². The van der Waals surface area contributed by atoms with Crippen LogP contribution in [0.15, 0.2) is 18.2 Å². The highest BCUT2D eigenvalue weighted by molar-refractivity contribution is 5.94. The highest BCUT2D eigenvalue weighted by Crippen LogP contribution is 2.32. The van der Waals surface area contributed by atoms with E-state index in [1.165, 1.54) is 0 Å². The average molecular weight is 191 g/mol. The summed E-state index contributed by atoms with van der Waals surface area (Å²) in [4.78, 5) is 11.4. The monoisotopic (exact) mass is 191 g/mol. The van der Waals surface area contributed by atoms with Crippen molar-refractivity contribution >= 4 is 5.97 Å². The molecule has 0 spiro atoms. The maximum atomic E-state index is 11.4. The number of nitrogens with two attached hydrogens (primary N) is 1. The zero-order chi connectivity index (χ0) is 10.1. The van der Waals surface area contributed by atoms with Gasteiger partial charge in [-0.3, -0.25) is 0 Å². The molecule has 1 aromatic rings. The van der Waals surface area contributed by atoms with Crippen LogP contribution < -0.4 is 5.73 Å². The summed E-state index contributed by atoms with van der Waals surface area (Å²) >= 11 is 0. The van der Waals surface area contributed by atoms with Crippen molar-refractivity contribution < 1.29 is 9.53 Å². The van der Waals surface area contributed by atoms with Crippen molar-refractivity contribution in [3.05, 3.63) is 34.9 Å². The number of rotatable bonds is 2. The van der Waals surface area contributed by atoms with Crippen LogP contribution in [0.2, 0.25) is 0 Å². The van der Waals surface area contributed by atoms with E-state index in [0.29, 0.717) is 18.5 Å². The molecule has 1 heterocycles. The molecule has 1 atom stereocenters. The number of carbonyl (C=O) groups excluding carboxylic acids is 1. The third-order valence-corrected chi connectivity index (χ3v) is 2.45. The number of benzene rings is 1. The quantitative estimate of drug-likeness (QED) is 0.722. The fourth-order valence-corrected chi connectivity index (χ4v) is 1.75. The van der Waals surface area contributed by atoms with Gasteiger partial charge in [0.15, 0.2) is 0 Å². The van der Waals surface area contributed by atoms with Crippen LogP contribution in [0.1, 0.15) is 34.0 Å². The summed E-state index contributed by atoms with van der Waals surface area (Å²) in [5.41, 5.74) is 8.20. The Balaban J connectivity index is 2.39. The van der Waals surface area contributed by atoms with Crippen molar-refractivity contribution in [1.29, 1.82) is 0 Å². The zero-order valence-corrected chi connectivity index (χ0v) is 8.12. The molecule has 1 aliphatic heterocycles. The lowest BCUT2D eigenvalue weighted by molar-refractivity contribution is 0.0374. The van der Waals surface area contributed by atoms with Gasteiger partial charge in [0.1, 0.15) is 6.10 Å². The molecule has 1 aliphatic rings. The van der Waals surface area contributed by atoms with Crippen LogP contribution in [0.4, 0.5) is 0 Å². The number of esters is 1. The molecule has 1 unspecified atom stereocenters. The lowest BCUT2D eigenvalue weighted by atomic mass is 10.0. The first-order valence-electron chi connectivity index (χ1n) is 4.74. The third-order valence-electron chi connectivity index (χ3n) is 2.45. The number of ether oxygens (including phenoxy) is 1. The Morgan fingerprint density at radius 1 is 1.50 bits per heavy atom. The number of fused-ring (bicyclic) bond motifs is 1. The smallest absolute Gasteiger partial charge is 0.339 e. The number of hydrogen-bond donors (Lipinski definition) is 1. The van der Waals surface area contributed by atoms with E-state index < -0.39 is 0 Å².